The van der Waals surface area contributed by atoms with Gasteiger partial charge in [0.2, 0.25) is 5.75 Å². The first-order valence-electron chi connectivity index (χ1n) is 6.63. The Morgan fingerprint density at radius 2 is 1.65 bits per heavy atom. The van der Waals surface area contributed by atoms with Crippen LogP contribution in [0.5, 0.6) is 17.2 Å². The molecule has 20 heavy (non-hydrogen) atoms. The maximum absolute atomic E-state index is 5.43. The van der Waals surface area contributed by atoms with E-state index in [1.165, 1.54) is 0 Å². The SMILES string of the molecule is COc1ccc(C=CCNC(C)(C)C)c(OC)c1OC. The molecular formula is C16H25NO3. The van der Waals surface area contributed by atoms with Crippen molar-refractivity contribution in [3.63, 3.8) is 0 Å². The first-order valence-corrected chi connectivity index (χ1v) is 6.63. The summed E-state index contributed by atoms with van der Waals surface area (Å²) in [5.41, 5.74) is 1.06. The van der Waals surface area contributed by atoms with Gasteiger partial charge in [0, 0.05) is 17.6 Å². The van der Waals surface area contributed by atoms with Crippen molar-refractivity contribution in [3.8, 4) is 17.2 Å². The van der Waals surface area contributed by atoms with E-state index in [9.17, 15) is 0 Å². The van der Waals surface area contributed by atoms with Crippen LogP contribution in [0.25, 0.3) is 6.08 Å². The summed E-state index contributed by atoms with van der Waals surface area (Å²) in [6.07, 6.45) is 4.08. The predicted molar refractivity (Wildman–Crippen MR) is 82.9 cm³/mol. The first-order chi connectivity index (χ1) is 9.42. The van der Waals surface area contributed by atoms with Gasteiger partial charge in [0.1, 0.15) is 0 Å². The molecule has 0 aliphatic rings. The molecular weight excluding hydrogens is 254 g/mol. The van der Waals surface area contributed by atoms with E-state index in [0.717, 1.165) is 12.1 Å². The number of benzene rings is 1. The second-order valence-corrected chi connectivity index (χ2v) is 5.46. The molecule has 1 N–H and O–H groups in total. The van der Waals surface area contributed by atoms with Crippen molar-refractivity contribution in [3.05, 3.63) is 23.8 Å². The molecule has 0 fully saturated rings. The Bertz CT molecular complexity index is 462. The van der Waals surface area contributed by atoms with Crippen LogP contribution in [-0.4, -0.2) is 33.4 Å². The number of nitrogens with one attached hydrogen (secondary N) is 1. The quantitative estimate of drug-likeness (QED) is 0.868. The van der Waals surface area contributed by atoms with Gasteiger partial charge in [0.15, 0.2) is 11.5 Å². The normalized spacial score (nSPS) is 11.7. The molecule has 0 aromatic heterocycles. The maximum Gasteiger partial charge on any atom is 0.203 e. The van der Waals surface area contributed by atoms with E-state index in [4.69, 9.17) is 14.2 Å². The summed E-state index contributed by atoms with van der Waals surface area (Å²) in [4.78, 5) is 0. The third-order valence-electron chi connectivity index (χ3n) is 2.78. The summed E-state index contributed by atoms with van der Waals surface area (Å²) in [6, 6.07) is 3.83. The Morgan fingerprint density at radius 1 is 1.00 bits per heavy atom. The molecule has 1 rings (SSSR count). The highest BCUT2D eigenvalue weighted by molar-refractivity contribution is 5.66. The minimum Gasteiger partial charge on any atom is -0.493 e. The fourth-order valence-corrected chi connectivity index (χ4v) is 1.81. The van der Waals surface area contributed by atoms with Gasteiger partial charge < -0.3 is 19.5 Å². The van der Waals surface area contributed by atoms with Crippen molar-refractivity contribution in [2.24, 2.45) is 0 Å². The number of rotatable bonds is 6. The topological polar surface area (TPSA) is 39.7 Å². The molecule has 0 saturated carbocycles. The fourth-order valence-electron chi connectivity index (χ4n) is 1.81. The highest BCUT2D eigenvalue weighted by Crippen LogP contribution is 2.40. The lowest BCUT2D eigenvalue weighted by atomic mass is 10.1. The minimum absolute atomic E-state index is 0.103. The maximum atomic E-state index is 5.43. The smallest absolute Gasteiger partial charge is 0.203 e. The van der Waals surface area contributed by atoms with Crippen LogP contribution in [0.4, 0.5) is 0 Å². The summed E-state index contributed by atoms with van der Waals surface area (Å²) in [6.45, 7) is 7.20. The standard InChI is InChI=1S/C16H25NO3/c1-16(2,3)17-11-7-8-12-9-10-13(18-4)15(20-6)14(12)19-5/h7-10,17H,11H2,1-6H3. The van der Waals surface area contributed by atoms with Crippen molar-refractivity contribution < 1.29 is 14.2 Å². The van der Waals surface area contributed by atoms with Crippen LogP contribution in [0.1, 0.15) is 26.3 Å². The fraction of sp³-hybridized carbons (Fsp3) is 0.500. The summed E-state index contributed by atoms with van der Waals surface area (Å²) in [5.74, 6) is 1.95. The number of methoxy groups -OCH3 is 3. The van der Waals surface area contributed by atoms with E-state index in [1.807, 2.05) is 18.2 Å². The van der Waals surface area contributed by atoms with Gasteiger partial charge in [-0.1, -0.05) is 12.2 Å². The zero-order chi connectivity index (χ0) is 15.2. The van der Waals surface area contributed by atoms with Gasteiger partial charge in [-0.05, 0) is 32.9 Å². The molecule has 1 aromatic carbocycles. The highest BCUT2D eigenvalue weighted by Gasteiger charge is 2.14. The van der Waals surface area contributed by atoms with Crippen LogP contribution < -0.4 is 19.5 Å². The number of ether oxygens (including phenoxy) is 3. The highest BCUT2D eigenvalue weighted by atomic mass is 16.5. The second-order valence-electron chi connectivity index (χ2n) is 5.46. The van der Waals surface area contributed by atoms with E-state index >= 15 is 0 Å². The van der Waals surface area contributed by atoms with E-state index in [-0.39, 0.29) is 5.54 Å². The van der Waals surface area contributed by atoms with Gasteiger partial charge in [0.05, 0.1) is 21.3 Å². The van der Waals surface area contributed by atoms with Gasteiger partial charge in [0.25, 0.3) is 0 Å². The van der Waals surface area contributed by atoms with Crippen molar-refractivity contribution in [1.29, 1.82) is 0 Å². The zero-order valence-electron chi connectivity index (χ0n) is 13.2. The van der Waals surface area contributed by atoms with Crippen molar-refractivity contribution in [1.82, 2.24) is 5.32 Å². The first kappa shape index (κ1) is 16.4. The van der Waals surface area contributed by atoms with Crippen molar-refractivity contribution in [2.45, 2.75) is 26.3 Å². The van der Waals surface area contributed by atoms with Gasteiger partial charge >= 0.3 is 0 Å². The minimum atomic E-state index is 0.103. The molecule has 0 aliphatic heterocycles. The predicted octanol–water partition coefficient (Wildman–Crippen LogP) is 3.11. The molecule has 0 aliphatic carbocycles. The van der Waals surface area contributed by atoms with Crippen LogP contribution in [0.3, 0.4) is 0 Å². The van der Waals surface area contributed by atoms with Crippen LogP contribution >= 0.6 is 0 Å². The third kappa shape index (κ3) is 4.46. The Morgan fingerprint density at radius 3 is 2.15 bits per heavy atom. The summed E-state index contributed by atoms with van der Waals surface area (Å²) < 4.78 is 16.1. The summed E-state index contributed by atoms with van der Waals surface area (Å²) >= 11 is 0. The average Bonchev–Trinajstić information content (AvgIpc) is 2.41. The van der Waals surface area contributed by atoms with Gasteiger partial charge in [-0.2, -0.15) is 0 Å². The molecule has 0 unspecified atom stereocenters. The Labute approximate surface area is 121 Å². The van der Waals surface area contributed by atoms with E-state index in [2.05, 4.69) is 32.2 Å². The van der Waals surface area contributed by atoms with E-state index in [0.29, 0.717) is 17.2 Å². The molecule has 0 spiro atoms. The number of hydrogen-bond donors (Lipinski definition) is 1. The average molecular weight is 279 g/mol. The second kappa shape index (κ2) is 7.20. The molecule has 0 saturated heterocycles. The van der Waals surface area contributed by atoms with E-state index < -0.39 is 0 Å². The lowest BCUT2D eigenvalue weighted by molar-refractivity contribution is 0.324. The van der Waals surface area contributed by atoms with E-state index in [1.54, 1.807) is 21.3 Å². The molecule has 112 valence electrons. The lowest BCUT2D eigenvalue weighted by Gasteiger charge is -2.19. The van der Waals surface area contributed by atoms with Crippen molar-refractivity contribution in [2.75, 3.05) is 27.9 Å². The van der Waals surface area contributed by atoms with Crippen LogP contribution in [0.2, 0.25) is 0 Å². The van der Waals surface area contributed by atoms with Gasteiger partial charge in [-0.15, -0.1) is 0 Å². The Kier molecular flexibility index (Phi) is 5.89. The lowest BCUT2D eigenvalue weighted by Crippen LogP contribution is -2.35. The van der Waals surface area contributed by atoms with Crippen LogP contribution in [0, 0.1) is 0 Å². The van der Waals surface area contributed by atoms with Gasteiger partial charge in [-0.3, -0.25) is 0 Å². The Hall–Kier alpha value is -1.68. The molecule has 0 heterocycles. The van der Waals surface area contributed by atoms with Crippen LogP contribution in [0.15, 0.2) is 18.2 Å². The molecule has 4 nitrogen and oxygen atoms in total. The van der Waals surface area contributed by atoms with Crippen LogP contribution in [-0.2, 0) is 0 Å². The largest absolute Gasteiger partial charge is 0.493 e. The Balaban J connectivity index is 2.93. The molecule has 0 bridgehead atoms. The molecule has 0 atom stereocenters. The number of hydrogen-bond acceptors (Lipinski definition) is 4. The molecule has 1 aromatic rings. The molecule has 0 amide bonds. The van der Waals surface area contributed by atoms with Gasteiger partial charge in [-0.25, -0.2) is 0 Å². The molecule has 0 radical (unpaired) electrons. The third-order valence-corrected chi connectivity index (χ3v) is 2.78. The zero-order valence-corrected chi connectivity index (χ0v) is 13.2. The van der Waals surface area contributed by atoms with Crippen molar-refractivity contribution >= 4 is 6.08 Å². The summed E-state index contributed by atoms with van der Waals surface area (Å²) in [5, 5.41) is 3.40. The monoisotopic (exact) mass is 279 g/mol. The summed E-state index contributed by atoms with van der Waals surface area (Å²) in [7, 11) is 4.84. The molecule has 4 heteroatoms.